The number of ether oxygens (including phenoxy) is 1. The molecule has 1 atom stereocenters. The summed E-state index contributed by atoms with van der Waals surface area (Å²) >= 11 is 0. The topological polar surface area (TPSA) is 50.1 Å². The number of esters is 1. The van der Waals surface area contributed by atoms with Crippen LogP contribution in [0, 0.1) is 23.2 Å². The summed E-state index contributed by atoms with van der Waals surface area (Å²) in [6.07, 6.45) is 0.573. The molecule has 13 heavy (non-hydrogen) atoms. The fraction of sp³-hybridized carbons (Fsp3) is 0.800. The van der Waals surface area contributed by atoms with Crippen LogP contribution in [-0.4, -0.2) is 13.1 Å². The van der Waals surface area contributed by atoms with Crippen LogP contribution in [0.2, 0.25) is 0 Å². The van der Waals surface area contributed by atoms with E-state index in [1.165, 1.54) is 7.11 Å². The number of rotatable bonds is 3. The van der Waals surface area contributed by atoms with Crippen LogP contribution >= 0.6 is 0 Å². The van der Waals surface area contributed by atoms with Crippen molar-refractivity contribution in [3.8, 4) is 6.07 Å². The maximum Gasteiger partial charge on any atom is 0.323 e. The second kappa shape index (κ2) is 9.05. The van der Waals surface area contributed by atoms with Gasteiger partial charge in [-0.05, 0) is 12.3 Å². The van der Waals surface area contributed by atoms with Crippen molar-refractivity contribution in [2.24, 2.45) is 11.8 Å². The molecule has 0 aromatic rings. The maximum absolute atomic E-state index is 10.8. The Labute approximate surface area is 80.7 Å². The standard InChI is InChI=1S/C8H13NO2.C2H6/c1-6(2)4-7(5-9)8(10)11-3;1-2/h6-7H,4H2,1-3H3;1-2H3. The van der Waals surface area contributed by atoms with Crippen LogP contribution in [-0.2, 0) is 9.53 Å². The van der Waals surface area contributed by atoms with Gasteiger partial charge in [0.2, 0.25) is 0 Å². The predicted molar refractivity (Wildman–Crippen MR) is 51.9 cm³/mol. The third-order valence-corrected chi connectivity index (χ3v) is 1.35. The summed E-state index contributed by atoms with van der Waals surface area (Å²) in [7, 11) is 1.30. The van der Waals surface area contributed by atoms with E-state index < -0.39 is 11.9 Å². The lowest BCUT2D eigenvalue weighted by atomic mass is 9.99. The first-order chi connectivity index (χ1) is 6.11. The minimum absolute atomic E-state index is 0.346. The highest BCUT2D eigenvalue weighted by Gasteiger charge is 2.19. The highest BCUT2D eigenvalue weighted by molar-refractivity contribution is 5.74. The van der Waals surface area contributed by atoms with Gasteiger partial charge in [-0.1, -0.05) is 27.7 Å². The lowest BCUT2D eigenvalue weighted by Crippen LogP contribution is -2.16. The molecule has 0 fully saturated rings. The van der Waals surface area contributed by atoms with Crippen molar-refractivity contribution < 1.29 is 9.53 Å². The van der Waals surface area contributed by atoms with E-state index in [9.17, 15) is 4.79 Å². The van der Waals surface area contributed by atoms with Gasteiger partial charge >= 0.3 is 5.97 Å². The van der Waals surface area contributed by atoms with Gasteiger partial charge in [-0.25, -0.2) is 0 Å². The molecule has 0 amide bonds. The molecule has 0 radical (unpaired) electrons. The van der Waals surface area contributed by atoms with Gasteiger partial charge < -0.3 is 4.74 Å². The highest BCUT2D eigenvalue weighted by Crippen LogP contribution is 2.11. The van der Waals surface area contributed by atoms with Gasteiger partial charge in [0.1, 0.15) is 5.92 Å². The Kier molecular flexibility index (Phi) is 10.1. The number of hydrogen-bond acceptors (Lipinski definition) is 3. The molecule has 0 aliphatic rings. The molecule has 0 aromatic carbocycles. The lowest BCUT2D eigenvalue weighted by molar-refractivity contribution is -0.143. The van der Waals surface area contributed by atoms with Gasteiger partial charge in [-0.15, -0.1) is 0 Å². The van der Waals surface area contributed by atoms with E-state index in [-0.39, 0.29) is 0 Å². The van der Waals surface area contributed by atoms with Gasteiger partial charge in [0.25, 0.3) is 0 Å². The molecule has 0 N–H and O–H groups in total. The van der Waals surface area contributed by atoms with Crippen molar-refractivity contribution in [3.63, 3.8) is 0 Å². The van der Waals surface area contributed by atoms with Crippen molar-refractivity contribution in [2.75, 3.05) is 7.11 Å². The van der Waals surface area contributed by atoms with Crippen LogP contribution in [0.4, 0.5) is 0 Å². The number of nitrogens with zero attached hydrogens (tertiary/aromatic N) is 1. The highest BCUT2D eigenvalue weighted by atomic mass is 16.5. The Balaban J connectivity index is 0. The van der Waals surface area contributed by atoms with E-state index >= 15 is 0 Å². The predicted octanol–water partition coefficient (Wildman–Crippen LogP) is 2.37. The maximum atomic E-state index is 10.8. The third kappa shape index (κ3) is 7.32. The summed E-state index contributed by atoms with van der Waals surface area (Å²) in [6, 6.07) is 1.91. The van der Waals surface area contributed by atoms with Crippen LogP contribution in [0.15, 0.2) is 0 Å². The minimum atomic E-state index is -0.597. The van der Waals surface area contributed by atoms with E-state index in [1.54, 1.807) is 0 Å². The second-order valence-corrected chi connectivity index (χ2v) is 2.83. The van der Waals surface area contributed by atoms with Crippen LogP contribution in [0.3, 0.4) is 0 Å². The Morgan fingerprint density at radius 3 is 2.15 bits per heavy atom. The fourth-order valence-corrected chi connectivity index (χ4v) is 0.815. The number of hydrogen-bond donors (Lipinski definition) is 0. The average Bonchev–Trinajstić information content (AvgIpc) is 2.16. The van der Waals surface area contributed by atoms with Crippen molar-refractivity contribution in [1.29, 1.82) is 5.26 Å². The first-order valence-corrected chi connectivity index (χ1v) is 4.59. The number of carbonyl (C=O) groups is 1. The number of carbonyl (C=O) groups excluding carboxylic acids is 1. The summed E-state index contributed by atoms with van der Waals surface area (Å²) in [5, 5.41) is 8.53. The summed E-state index contributed by atoms with van der Waals surface area (Å²) in [4.78, 5) is 10.8. The Hall–Kier alpha value is -1.04. The molecular formula is C10H19NO2. The Morgan fingerprint density at radius 2 is 1.92 bits per heavy atom. The molecule has 0 aliphatic carbocycles. The molecule has 0 aromatic heterocycles. The molecule has 1 unspecified atom stereocenters. The molecule has 3 nitrogen and oxygen atoms in total. The Morgan fingerprint density at radius 1 is 1.46 bits per heavy atom. The zero-order valence-electron chi connectivity index (χ0n) is 9.13. The zero-order chi connectivity index (χ0) is 10.9. The average molecular weight is 185 g/mol. The molecule has 0 bridgehead atoms. The number of methoxy groups -OCH3 is 1. The molecule has 0 spiro atoms. The zero-order valence-corrected chi connectivity index (χ0v) is 9.13. The second-order valence-electron chi connectivity index (χ2n) is 2.83. The van der Waals surface area contributed by atoms with Crippen LogP contribution in [0.25, 0.3) is 0 Å². The van der Waals surface area contributed by atoms with Crippen LogP contribution in [0.1, 0.15) is 34.1 Å². The van der Waals surface area contributed by atoms with Gasteiger partial charge in [0.15, 0.2) is 0 Å². The molecule has 76 valence electrons. The first-order valence-electron chi connectivity index (χ1n) is 4.59. The van der Waals surface area contributed by atoms with Crippen molar-refractivity contribution >= 4 is 5.97 Å². The normalized spacial score (nSPS) is 10.8. The molecular weight excluding hydrogens is 166 g/mol. The third-order valence-electron chi connectivity index (χ3n) is 1.35. The van der Waals surface area contributed by atoms with Crippen molar-refractivity contribution in [2.45, 2.75) is 34.1 Å². The van der Waals surface area contributed by atoms with Crippen molar-refractivity contribution in [1.82, 2.24) is 0 Å². The van der Waals surface area contributed by atoms with Gasteiger partial charge in [-0.2, -0.15) is 5.26 Å². The molecule has 0 heterocycles. The van der Waals surface area contributed by atoms with Gasteiger partial charge in [-0.3, -0.25) is 4.79 Å². The molecule has 0 rings (SSSR count). The van der Waals surface area contributed by atoms with E-state index in [0.717, 1.165) is 0 Å². The molecule has 3 heteroatoms. The van der Waals surface area contributed by atoms with Gasteiger partial charge in [0, 0.05) is 0 Å². The van der Waals surface area contributed by atoms with Crippen LogP contribution in [0.5, 0.6) is 0 Å². The lowest BCUT2D eigenvalue weighted by Gasteiger charge is -2.08. The SMILES string of the molecule is CC.COC(=O)C(C#N)CC(C)C. The van der Waals surface area contributed by atoms with Gasteiger partial charge in [0.05, 0.1) is 13.2 Å². The minimum Gasteiger partial charge on any atom is -0.468 e. The largest absolute Gasteiger partial charge is 0.468 e. The van der Waals surface area contributed by atoms with E-state index in [1.807, 2.05) is 33.8 Å². The molecule has 0 saturated carbocycles. The quantitative estimate of drug-likeness (QED) is 0.634. The van der Waals surface area contributed by atoms with E-state index in [4.69, 9.17) is 5.26 Å². The van der Waals surface area contributed by atoms with E-state index in [0.29, 0.717) is 12.3 Å². The Bertz CT molecular complexity index is 170. The monoisotopic (exact) mass is 185 g/mol. The van der Waals surface area contributed by atoms with Crippen LogP contribution < -0.4 is 0 Å². The molecule has 0 aliphatic heterocycles. The smallest absolute Gasteiger partial charge is 0.323 e. The fourth-order valence-electron chi connectivity index (χ4n) is 0.815. The first kappa shape index (κ1) is 14.5. The van der Waals surface area contributed by atoms with Crippen molar-refractivity contribution in [3.05, 3.63) is 0 Å². The number of nitriles is 1. The summed E-state index contributed by atoms with van der Waals surface area (Å²) in [5.74, 6) is -0.681. The summed E-state index contributed by atoms with van der Waals surface area (Å²) in [5.41, 5.74) is 0. The molecule has 0 saturated heterocycles. The van der Waals surface area contributed by atoms with E-state index in [2.05, 4.69) is 4.74 Å². The summed E-state index contributed by atoms with van der Waals surface area (Å²) < 4.78 is 4.44. The summed E-state index contributed by atoms with van der Waals surface area (Å²) in [6.45, 7) is 7.93.